The molecule has 0 spiro atoms. The molecule has 0 saturated carbocycles. The van der Waals surface area contributed by atoms with E-state index in [0.717, 1.165) is 41.6 Å². The minimum Gasteiger partial charge on any atom is -0.376 e. The number of nitrogens with zero attached hydrogens (tertiary/aromatic N) is 1. The predicted octanol–water partition coefficient (Wildman–Crippen LogP) is 3.84. The van der Waals surface area contributed by atoms with E-state index in [1.807, 2.05) is 39.0 Å². The third-order valence-electron chi connectivity index (χ3n) is 5.34. The van der Waals surface area contributed by atoms with Gasteiger partial charge < -0.3 is 10.6 Å². The fourth-order valence-corrected chi connectivity index (χ4v) is 5.15. The third kappa shape index (κ3) is 4.97. The molecule has 2 aromatic rings. The van der Waals surface area contributed by atoms with Gasteiger partial charge in [-0.1, -0.05) is 30.7 Å². The van der Waals surface area contributed by atoms with Gasteiger partial charge in [-0.05, 0) is 62.4 Å². The second-order valence-electron chi connectivity index (χ2n) is 7.61. The summed E-state index contributed by atoms with van der Waals surface area (Å²) in [6.07, 6.45) is 2.84. The lowest BCUT2D eigenvalue weighted by molar-refractivity contribution is -0.114. The van der Waals surface area contributed by atoms with Crippen molar-refractivity contribution in [2.45, 2.75) is 44.9 Å². The summed E-state index contributed by atoms with van der Waals surface area (Å²) in [5.41, 5.74) is 4.44. The number of carbonyl (C=O) groups is 1. The van der Waals surface area contributed by atoms with Crippen LogP contribution in [0.3, 0.4) is 0 Å². The van der Waals surface area contributed by atoms with Crippen LogP contribution in [0.1, 0.15) is 36.0 Å². The zero-order valence-electron chi connectivity index (χ0n) is 17.3. The molecular weight excluding hydrogens is 386 g/mol. The molecule has 1 saturated heterocycles. The third-order valence-corrected chi connectivity index (χ3v) is 7.24. The highest BCUT2D eigenvalue weighted by Crippen LogP contribution is 2.25. The van der Waals surface area contributed by atoms with Crippen LogP contribution in [0.2, 0.25) is 0 Å². The van der Waals surface area contributed by atoms with Crippen LogP contribution in [0.25, 0.3) is 0 Å². The molecule has 1 aliphatic heterocycles. The Kier molecular flexibility index (Phi) is 6.59. The van der Waals surface area contributed by atoms with Crippen LogP contribution in [-0.4, -0.2) is 38.3 Å². The van der Waals surface area contributed by atoms with Crippen LogP contribution < -0.4 is 10.6 Å². The van der Waals surface area contributed by atoms with E-state index in [0.29, 0.717) is 18.8 Å². The van der Waals surface area contributed by atoms with Crippen LogP contribution in [0.4, 0.5) is 11.4 Å². The summed E-state index contributed by atoms with van der Waals surface area (Å²) >= 11 is 0. The number of sulfonamides is 1. The number of rotatable bonds is 6. The Morgan fingerprint density at radius 2 is 1.62 bits per heavy atom. The molecular formula is C22H29N3O3S. The Balaban J connectivity index is 1.72. The highest BCUT2D eigenvalue weighted by Gasteiger charge is 2.26. The maximum Gasteiger partial charge on any atom is 0.243 e. The van der Waals surface area contributed by atoms with Crippen molar-refractivity contribution >= 4 is 27.3 Å². The Bertz CT molecular complexity index is 976. The van der Waals surface area contributed by atoms with E-state index in [1.54, 1.807) is 18.2 Å². The first kappa shape index (κ1) is 21.3. The van der Waals surface area contributed by atoms with Crippen molar-refractivity contribution in [3.63, 3.8) is 0 Å². The van der Waals surface area contributed by atoms with Crippen molar-refractivity contribution < 1.29 is 13.2 Å². The van der Waals surface area contributed by atoms with Crippen molar-refractivity contribution in [1.82, 2.24) is 4.31 Å². The molecule has 2 N–H and O–H groups in total. The number of aryl methyl sites for hydroxylation is 3. The van der Waals surface area contributed by atoms with Gasteiger partial charge in [0.1, 0.15) is 0 Å². The number of amides is 1. The number of carbonyl (C=O) groups excluding carboxylic acids is 1. The van der Waals surface area contributed by atoms with E-state index >= 15 is 0 Å². The van der Waals surface area contributed by atoms with Gasteiger partial charge in [-0.15, -0.1) is 0 Å². The van der Waals surface area contributed by atoms with Gasteiger partial charge >= 0.3 is 0 Å². The second-order valence-corrected chi connectivity index (χ2v) is 9.55. The lowest BCUT2D eigenvalue weighted by Gasteiger charge is -2.26. The van der Waals surface area contributed by atoms with Crippen molar-refractivity contribution in [2.75, 3.05) is 30.3 Å². The number of benzene rings is 2. The maximum atomic E-state index is 12.9. The van der Waals surface area contributed by atoms with Gasteiger partial charge in [-0.2, -0.15) is 4.31 Å². The van der Waals surface area contributed by atoms with Gasteiger partial charge in [0.25, 0.3) is 0 Å². The second kappa shape index (κ2) is 8.97. The van der Waals surface area contributed by atoms with Crippen LogP contribution in [0.15, 0.2) is 41.3 Å². The Hall–Kier alpha value is -2.38. The predicted molar refractivity (Wildman–Crippen MR) is 117 cm³/mol. The molecule has 156 valence electrons. The summed E-state index contributed by atoms with van der Waals surface area (Å²) in [6, 6.07) is 10.9. The summed E-state index contributed by atoms with van der Waals surface area (Å²) in [5, 5.41) is 6.03. The van der Waals surface area contributed by atoms with Crippen molar-refractivity contribution in [3.05, 3.63) is 53.1 Å². The zero-order chi connectivity index (χ0) is 21.0. The molecule has 1 heterocycles. The number of piperidine rings is 1. The smallest absolute Gasteiger partial charge is 0.243 e. The molecule has 0 radical (unpaired) electrons. The molecule has 0 atom stereocenters. The number of para-hydroxylation sites is 1. The van der Waals surface area contributed by atoms with E-state index in [2.05, 4.69) is 10.6 Å². The fourth-order valence-electron chi connectivity index (χ4n) is 3.61. The molecule has 2 aromatic carbocycles. The number of hydrogen-bond acceptors (Lipinski definition) is 4. The Morgan fingerprint density at radius 1 is 0.966 bits per heavy atom. The summed E-state index contributed by atoms with van der Waals surface area (Å²) in [7, 11) is -3.54. The highest BCUT2D eigenvalue weighted by atomic mass is 32.2. The summed E-state index contributed by atoms with van der Waals surface area (Å²) in [4.78, 5) is 12.7. The van der Waals surface area contributed by atoms with Crippen molar-refractivity contribution in [2.24, 2.45) is 0 Å². The lowest BCUT2D eigenvalue weighted by atomic mass is 10.1. The van der Waals surface area contributed by atoms with Gasteiger partial charge in [0.2, 0.25) is 15.9 Å². The minimum absolute atomic E-state index is 0.105. The quantitative estimate of drug-likeness (QED) is 0.751. The average molecular weight is 416 g/mol. The summed E-state index contributed by atoms with van der Waals surface area (Å²) in [5.74, 6) is -0.219. The first-order valence-corrected chi connectivity index (χ1v) is 11.4. The monoisotopic (exact) mass is 415 g/mol. The molecule has 1 fully saturated rings. The van der Waals surface area contributed by atoms with Crippen LogP contribution in [-0.2, 0) is 14.8 Å². The topological polar surface area (TPSA) is 78.5 Å². The summed E-state index contributed by atoms with van der Waals surface area (Å²) in [6.45, 7) is 7.05. The molecule has 1 aliphatic rings. The molecule has 1 amide bonds. The van der Waals surface area contributed by atoms with Gasteiger partial charge in [0.15, 0.2) is 0 Å². The largest absolute Gasteiger partial charge is 0.376 e. The number of hydrogen-bond donors (Lipinski definition) is 2. The Labute approximate surface area is 173 Å². The molecule has 6 nitrogen and oxygen atoms in total. The molecule has 0 unspecified atom stereocenters. The van der Waals surface area contributed by atoms with Crippen molar-refractivity contribution in [1.29, 1.82) is 0 Å². The minimum atomic E-state index is -3.54. The SMILES string of the molecule is Cc1ccc(S(=O)(=O)N2CCCCC2)cc1NC(=O)CNc1c(C)cccc1C. The normalized spacial score (nSPS) is 15.1. The summed E-state index contributed by atoms with van der Waals surface area (Å²) < 4.78 is 27.4. The molecule has 29 heavy (non-hydrogen) atoms. The first-order valence-electron chi connectivity index (χ1n) is 10.00. The van der Waals surface area contributed by atoms with E-state index < -0.39 is 10.0 Å². The first-order chi connectivity index (χ1) is 13.8. The number of anilines is 2. The molecule has 7 heteroatoms. The molecule has 0 bridgehead atoms. The average Bonchev–Trinajstić information content (AvgIpc) is 2.70. The van der Waals surface area contributed by atoms with Crippen LogP contribution in [0, 0.1) is 20.8 Å². The zero-order valence-corrected chi connectivity index (χ0v) is 18.1. The van der Waals surface area contributed by atoms with Crippen LogP contribution in [0.5, 0.6) is 0 Å². The van der Waals surface area contributed by atoms with E-state index in [1.165, 1.54) is 4.31 Å². The maximum absolute atomic E-state index is 12.9. The van der Waals surface area contributed by atoms with Crippen molar-refractivity contribution in [3.8, 4) is 0 Å². The lowest BCUT2D eigenvalue weighted by Crippen LogP contribution is -2.35. The molecule has 0 aromatic heterocycles. The molecule has 0 aliphatic carbocycles. The highest BCUT2D eigenvalue weighted by molar-refractivity contribution is 7.89. The van der Waals surface area contributed by atoms with E-state index in [9.17, 15) is 13.2 Å². The molecule has 3 rings (SSSR count). The van der Waals surface area contributed by atoms with Gasteiger partial charge in [0, 0.05) is 24.5 Å². The van der Waals surface area contributed by atoms with Gasteiger partial charge in [-0.25, -0.2) is 8.42 Å². The standard InChI is InChI=1S/C22H29N3O3S/c1-16-10-11-19(29(27,28)25-12-5-4-6-13-25)14-20(16)24-21(26)15-23-22-17(2)8-7-9-18(22)3/h7-11,14,23H,4-6,12-13,15H2,1-3H3,(H,24,26). The fraction of sp³-hybridized carbons (Fsp3) is 0.409. The van der Waals surface area contributed by atoms with E-state index in [-0.39, 0.29) is 17.3 Å². The van der Waals surface area contributed by atoms with Gasteiger partial charge in [-0.3, -0.25) is 4.79 Å². The van der Waals surface area contributed by atoms with Crippen LogP contribution >= 0.6 is 0 Å². The number of nitrogens with one attached hydrogen (secondary N) is 2. The Morgan fingerprint density at radius 3 is 2.28 bits per heavy atom. The van der Waals surface area contributed by atoms with Gasteiger partial charge in [0.05, 0.1) is 11.4 Å². The van der Waals surface area contributed by atoms with E-state index in [4.69, 9.17) is 0 Å².